The van der Waals surface area contributed by atoms with Crippen LogP contribution in [0.4, 0.5) is 8.78 Å². The van der Waals surface area contributed by atoms with E-state index in [0.29, 0.717) is 29.8 Å². The van der Waals surface area contributed by atoms with Crippen LogP contribution in [0, 0.1) is 11.7 Å². The van der Waals surface area contributed by atoms with E-state index in [9.17, 15) is 13.6 Å². The number of rotatable bonds is 3. The summed E-state index contributed by atoms with van der Waals surface area (Å²) in [7, 11) is 1.26. The lowest BCUT2D eigenvalue weighted by Gasteiger charge is -2.19. The minimum Gasteiger partial charge on any atom is -0.464 e. The van der Waals surface area contributed by atoms with Crippen molar-refractivity contribution >= 4 is 12.0 Å². The molecule has 0 N–H and O–H groups in total. The largest absolute Gasteiger partial charge is 0.464 e. The number of allylic oxidation sites excluding steroid dienone is 1. The van der Waals surface area contributed by atoms with E-state index < -0.39 is 11.6 Å². The molecule has 0 amide bonds. The Kier molecular flexibility index (Phi) is 4.85. The lowest BCUT2D eigenvalue weighted by Crippen LogP contribution is -2.21. The predicted molar refractivity (Wildman–Crippen MR) is 94.7 cm³/mol. The number of hydrogen-bond acceptors (Lipinski definition) is 4. The number of methoxy groups -OCH3 is 1. The molecule has 0 bridgehead atoms. The first-order chi connectivity index (χ1) is 12.3. The first-order valence-corrected chi connectivity index (χ1v) is 8.42. The van der Waals surface area contributed by atoms with Gasteiger partial charge >= 0.3 is 5.97 Å². The number of alkyl halides is 1. The van der Waals surface area contributed by atoms with Crippen molar-refractivity contribution in [1.29, 1.82) is 0 Å². The van der Waals surface area contributed by atoms with Crippen LogP contribution in [0.15, 0.2) is 36.0 Å². The van der Waals surface area contributed by atoms with E-state index in [4.69, 9.17) is 4.74 Å². The summed E-state index contributed by atoms with van der Waals surface area (Å²) in [5.41, 5.74) is 1.32. The zero-order chi connectivity index (χ0) is 18.9. The van der Waals surface area contributed by atoms with Crippen LogP contribution in [0.25, 0.3) is 17.3 Å². The number of nitrogens with zero attached hydrogens (tertiary/aromatic N) is 2. The van der Waals surface area contributed by atoms with E-state index in [2.05, 4.69) is 9.97 Å². The summed E-state index contributed by atoms with van der Waals surface area (Å²) in [4.78, 5) is 20.5. The van der Waals surface area contributed by atoms with Crippen molar-refractivity contribution in [1.82, 2.24) is 9.97 Å². The number of carbonyl (C=O) groups excluding carboxylic acids is 1. The van der Waals surface area contributed by atoms with Gasteiger partial charge in [-0.25, -0.2) is 18.6 Å². The number of halogens is 2. The average molecular weight is 358 g/mol. The van der Waals surface area contributed by atoms with Crippen LogP contribution in [0.3, 0.4) is 0 Å². The molecule has 2 atom stereocenters. The highest BCUT2D eigenvalue weighted by Gasteiger charge is 2.39. The van der Waals surface area contributed by atoms with Gasteiger partial charge in [-0.05, 0) is 50.1 Å². The van der Waals surface area contributed by atoms with Crippen molar-refractivity contribution in [2.75, 3.05) is 7.11 Å². The van der Waals surface area contributed by atoms with Gasteiger partial charge in [-0.3, -0.25) is 4.98 Å². The van der Waals surface area contributed by atoms with Crippen molar-refractivity contribution in [2.45, 2.75) is 32.4 Å². The third-order valence-corrected chi connectivity index (χ3v) is 5.00. The molecule has 0 radical (unpaired) electrons. The molecule has 26 heavy (non-hydrogen) atoms. The summed E-state index contributed by atoms with van der Waals surface area (Å²) in [6, 6.07) is 5.77. The lowest BCUT2D eigenvalue weighted by atomic mass is 9.93. The topological polar surface area (TPSA) is 52.1 Å². The smallest absolute Gasteiger partial charge is 0.358 e. The first-order valence-electron chi connectivity index (χ1n) is 8.42. The Morgan fingerprint density at radius 1 is 1.35 bits per heavy atom. The standard InChI is InChI=1S/C20H20F2N2O2/c1-12-14(8-9-20(12,2)22)10-16-18(13-4-6-15(21)7-5-13)24-17(11-23-16)19(25)26-3/h4-7,10-12H,8-9H2,1-3H3/t12-,20+/m0/s1. The molecule has 4 nitrogen and oxygen atoms in total. The highest BCUT2D eigenvalue weighted by Crippen LogP contribution is 2.43. The number of hydrogen-bond donors (Lipinski definition) is 0. The average Bonchev–Trinajstić information content (AvgIpc) is 2.89. The molecule has 0 aliphatic heterocycles. The van der Waals surface area contributed by atoms with Gasteiger partial charge in [-0.1, -0.05) is 12.5 Å². The predicted octanol–water partition coefficient (Wildman–Crippen LogP) is 4.61. The molecule has 1 aliphatic rings. The van der Waals surface area contributed by atoms with Crippen LogP contribution >= 0.6 is 0 Å². The van der Waals surface area contributed by atoms with Gasteiger partial charge in [0.05, 0.1) is 24.7 Å². The van der Waals surface area contributed by atoms with Gasteiger partial charge in [0.25, 0.3) is 0 Å². The van der Waals surface area contributed by atoms with Gasteiger partial charge in [-0.2, -0.15) is 0 Å². The van der Waals surface area contributed by atoms with Gasteiger partial charge in [0.1, 0.15) is 11.5 Å². The second-order valence-electron chi connectivity index (χ2n) is 6.71. The summed E-state index contributed by atoms with van der Waals surface area (Å²) in [6.45, 7) is 3.46. The van der Waals surface area contributed by atoms with Crippen LogP contribution in [-0.2, 0) is 4.74 Å². The lowest BCUT2D eigenvalue weighted by molar-refractivity contribution is 0.0593. The van der Waals surface area contributed by atoms with Gasteiger partial charge in [0.15, 0.2) is 5.69 Å². The molecule has 2 aromatic rings. The monoisotopic (exact) mass is 358 g/mol. The van der Waals surface area contributed by atoms with Crippen molar-refractivity contribution in [3.8, 4) is 11.3 Å². The Hall–Kier alpha value is -2.63. The van der Waals surface area contributed by atoms with Crippen LogP contribution in [0.2, 0.25) is 0 Å². The van der Waals surface area contributed by atoms with E-state index in [0.717, 1.165) is 5.57 Å². The fourth-order valence-corrected chi connectivity index (χ4v) is 3.11. The fraction of sp³-hybridized carbons (Fsp3) is 0.350. The van der Waals surface area contributed by atoms with Gasteiger partial charge in [0.2, 0.25) is 0 Å². The third kappa shape index (κ3) is 3.49. The van der Waals surface area contributed by atoms with E-state index >= 15 is 0 Å². The Morgan fingerprint density at radius 3 is 2.62 bits per heavy atom. The molecule has 0 spiro atoms. The quantitative estimate of drug-likeness (QED) is 0.752. The van der Waals surface area contributed by atoms with Crippen molar-refractivity contribution in [3.63, 3.8) is 0 Å². The fourth-order valence-electron chi connectivity index (χ4n) is 3.11. The molecular formula is C20H20F2N2O2. The summed E-state index contributed by atoms with van der Waals surface area (Å²) in [5, 5.41) is 0. The number of aromatic nitrogens is 2. The summed E-state index contributed by atoms with van der Waals surface area (Å²) in [5.74, 6) is -1.21. The van der Waals surface area contributed by atoms with E-state index in [1.54, 1.807) is 19.1 Å². The summed E-state index contributed by atoms with van der Waals surface area (Å²) in [6.07, 6.45) is 4.25. The maximum absolute atomic E-state index is 14.5. The Bertz CT molecular complexity index is 861. The second-order valence-corrected chi connectivity index (χ2v) is 6.71. The molecule has 3 rings (SSSR count). The van der Waals surface area contributed by atoms with Gasteiger partial charge in [-0.15, -0.1) is 0 Å². The first kappa shape index (κ1) is 18.2. The minimum atomic E-state index is -1.25. The molecule has 6 heteroatoms. The van der Waals surface area contributed by atoms with Crippen LogP contribution in [-0.4, -0.2) is 28.7 Å². The second kappa shape index (κ2) is 6.94. The van der Waals surface area contributed by atoms with Gasteiger partial charge < -0.3 is 4.74 Å². The molecule has 0 saturated heterocycles. The highest BCUT2D eigenvalue weighted by atomic mass is 19.1. The Labute approximate surface area is 150 Å². The van der Waals surface area contributed by atoms with E-state index in [1.165, 1.54) is 25.4 Å². The minimum absolute atomic E-state index is 0.0591. The van der Waals surface area contributed by atoms with Crippen molar-refractivity contribution in [2.24, 2.45) is 5.92 Å². The molecule has 1 aromatic carbocycles. The number of benzene rings is 1. The zero-order valence-electron chi connectivity index (χ0n) is 14.9. The SMILES string of the molecule is COC(=O)c1cnc(C=C2CC[C@@](C)(F)[C@H]2C)c(-c2ccc(F)cc2)n1. The summed E-state index contributed by atoms with van der Waals surface area (Å²) < 4.78 is 32.4. The normalized spacial score (nSPS) is 24.0. The maximum Gasteiger partial charge on any atom is 0.358 e. The van der Waals surface area contributed by atoms with E-state index in [-0.39, 0.29) is 17.4 Å². The van der Waals surface area contributed by atoms with Gasteiger partial charge in [0, 0.05) is 11.5 Å². The molecule has 136 valence electrons. The highest BCUT2D eigenvalue weighted by molar-refractivity contribution is 5.88. The number of esters is 1. The van der Waals surface area contributed by atoms with Crippen molar-refractivity contribution in [3.05, 3.63) is 53.2 Å². The molecule has 1 heterocycles. The Morgan fingerprint density at radius 2 is 2.04 bits per heavy atom. The molecule has 0 unspecified atom stereocenters. The molecule has 1 saturated carbocycles. The number of carbonyl (C=O) groups is 1. The molecular weight excluding hydrogens is 338 g/mol. The van der Waals surface area contributed by atoms with Crippen LogP contribution < -0.4 is 0 Å². The Balaban J connectivity index is 2.10. The molecule has 1 fully saturated rings. The van der Waals surface area contributed by atoms with E-state index in [1.807, 2.05) is 13.0 Å². The molecule has 1 aromatic heterocycles. The van der Waals surface area contributed by atoms with Crippen LogP contribution in [0.5, 0.6) is 0 Å². The maximum atomic E-state index is 14.5. The van der Waals surface area contributed by atoms with Crippen molar-refractivity contribution < 1.29 is 18.3 Å². The zero-order valence-corrected chi connectivity index (χ0v) is 14.9. The molecule has 1 aliphatic carbocycles. The summed E-state index contributed by atoms with van der Waals surface area (Å²) >= 11 is 0. The van der Waals surface area contributed by atoms with Crippen LogP contribution in [0.1, 0.15) is 42.9 Å². The number of ether oxygens (including phenoxy) is 1. The third-order valence-electron chi connectivity index (χ3n) is 5.00.